The maximum Gasteiger partial charge on any atom is 0.208 e. The molecule has 1 aromatic heterocycles. The van der Waals surface area contributed by atoms with Crippen LogP contribution in [-0.2, 0) is 17.1 Å². The molecule has 4 atom stereocenters. The van der Waals surface area contributed by atoms with Crippen molar-refractivity contribution in [2.75, 3.05) is 40.1 Å². The third kappa shape index (κ3) is 4.19. The molecule has 30 heavy (non-hydrogen) atoms. The highest BCUT2D eigenvalue weighted by molar-refractivity contribution is 7.88. The Bertz CT molecular complexity index is 1020. The van der Waals surface area contributed by atoms with Gasteiger partial charge in [0.15, 0.2) is 11.5 Å². The summed E-state index contributed by atoms with van der Waals surface area (Å²) < 4.78 is 38.4. The predicted molar refractivity (Wildman–Crippen MR) is 115 cm³/mol. The monoisotopic (exact) mass is 434 g/mol. The molecule has 0 saturated carbocycles. The van der Waals surface area contributed by atoms with Gasteiger partial charge < -0.3 is 9.47 Å². The Morgan fingerprint density at radius 1 is 1.20 bits per heavy atom. The summed E-state index contributed by atoms with van der Waals surface area (Å²) in [6.07, 6.45) is 3.36. The third-order valence-electron chi connectivity index (χ3n) is 6.43. The van der Waals surface area contributed by atoms with Gasteiger partial charge in [0.1, 0.15) is 0 Å². The van der Waals surface area contributed by atoms with Crippen LogP contribution in [0.25, 0.3) is 11.3 Å². The second-order valence-electron chi connectivity index (χ2n) is 8.31. The average molecular weight is 435 g/mol. The molecule has 0 spiro atoms. The lowest BCUT2D eigenvalue weighted by Crippen LogP contribution is -2.56. The zero-order chi connectivity index (χ0) is 21.5. The lowest BCUT2D eigenvalue weighted by molar-refractivity contribution is 0.0306. The first-order valence-corrected chi connectivity index (χ1v) is 12.1. The van der Waals surface area contributed by atoms with Crippen molar-refractivity contribution in [1.29, 1.82) is 0 Å². The molecule has 9 heteroatoms. The van der Waals surface area contributed by atoms with Gasteiger partial charge in [-0.05, 0) is 49.6 Å². The fourth-order valence-corrected chi connectivity index (χ4v) is 5.39. The summed E-state index contributed by atoms with van der Waals surface area (Å²) in [4.78, 5) is 2.42. The van der Waals surface area contributed by atoms with Crippen LogP contribution in [0.5, 0.6) is 11.5 Å². The van der Waals surface area contributed by atoms with Crippen LogP contribution in [0.4, 0.5) is 0 Å². The van der Waals surface area contributed by atoms with Crippen LogP contribution < -0.4 is 14.2 Å². The highest BCUT2D eigenvalue weighted by atomic mass is 32.2. The van der Waals surface area contributed by atoms with E-state index in [9.17, 15) is 8.42 Å². The quantitative estimate of drug-likeness (QED) is 0.716. The number of aryl methyl sites for hydroxylation is 1. The number of benzene rings is 1. The van der Waals surface area contributed by atoms with Crippen molar-refractivity contribution >= 4 is 10.0 Å². The lowest BCUT2D eigenvalue weighted by atomic mass is 9.74. The summed E-state index contributed by atoms with van der Waals surface area (Å²) in [6.45, 7) is 2.45. The number of nitrogens with zero attached hydrogens (tertiary/aromatic N) is 3. The van der Waals surface area contributed by atoms with Gasteiger partial charge in [-0.2, -0.15) is 5.10 Å². The lowest BCUT2D eigenvalue weighted by Gasteiger charge is -2.49. The Balaban J connectivity index is 1.53. The summed E-state index contributed by atoms with van der Waals surface area (Å²) in [7, 11) is 2.10. The molecule has 0 amide bonds. The van der Waals surface area contributed by atoms with Crippen LogP contribution in [0, 0.1) is 5.92 Å². The Hall–Kier alpha value is -2.10. The number of methoxy groups -OCH3 is 2. The summed E-state index contributed by atoms with van der Waals surface area (Å²) in [5, 5.41) is 4.77. The van der Waals surface area contributed by atoms with Gasteiger partial charge in [0, 0.05) is 43.4 Å². The topological polar surface area (TPSA) is 85.7 Å². The minimum Gasteiger partial charge on any atom is -0.493 e. The van der Waals surface area contributed by atoms with E-state index in [2.05, 4.69) is 15.7 Å². The first kappa shape index (κ1) is 21.1. The third-order valence-corrected chi connectivity index (χ3v) is 7.13. The molecule has 2 aromatic rings. The normalized spacial score (nSPS) is 26.0. The van der Waals surface area contributed by atoms with E-state index in [1.54, 1.807) is 14.2 Å². The average Bonchev–Trinajstić information content (AvgIpc) is 3.13. The zero-order valence-electron chi connectivity index (χ0n) is 18.0. The van der Waals surface area contributed by atoms with Gasteiger partial charge >= 0.3 is 0 Å². The fourth-order valence-electron chi connectivity index (χ4n) is 4.90. The van der Waals surface area contributed by atoms with Gasteiger partial charge in [-0.1, -0.05) is 0 Å². The molecule has 8 nitrogen and oxygen atoms in total. The number of piperidine rings is 3. The molecule has 0 radical (unpaired) electrons. The first-order chi connectivity index (χ1) is 14.3. The molecule has 1 N–H and O–H groups in total. The highest BCUT2D eigenvalue weighted by Crippen LogP contribution is 2.42. The fraction of sp³-hybridized carbons (Fsp3) is 0.571. The zero-order valence-corrected chi connectivity index (χ0v) is 18.8. The Morgan fingerprint density at radius 3 is 2.60 bits per heavy atom. The van der Waals surface area contributed by atoms with Crippen molar-refractivity contribution in [2.45, 2.75) is 24.8 Å². The molecule has 3 saturated heterocycles. The molecule has 3 aliphatic rings. The van der Waals surface area contributed by atoms with Gasteiger partial charge in [-0.3, -0.25) is 9.58 Å². The largest absolute Gasteiger partial charge is 0.493 e. The van der Waals surface area contributed by atoms with Crippen molar-refractivity contribution in [3.63, 3.8) is 0 Å². The molecule has 4 heterocycles. The Morgan fingerprint density at radius 2 is 1.97 bits per heavy atom. The van der Waals surface area contributed by atoms with Crippen LogP contribution in [0.2, 0.25) is 0 Å². The van der Waals surface area contributed by atoms with E-state index < -0.39 is 10.0 Å². The van der Waals surface area contributed by atoms with E-state index in [-0.39, 0.29) is 6.04 Å². The molecular weight excluding hydrogens is 404 g/mol. The van der Waals surface area contributed by atoms with Crippen molar-refractivity contribution < 1.29 is 17.9 Å². The van der Waals surface area contributed by atoms with Gasteiger partial charge in [0.2, 0.25) is 10.0 Å². The van der Waals surface area contributed by atoms with E-state index in [4.69, 9.17) is 14.6 Å². The second kappa shape index (κ2) is 8.20. The van der Waals surface area contributed by atoms with E-state index in [0.29, 0.717) is 29.9 Å². The van der Waals surface area contributed by atoms with E-state index in [0.717, 1.165) is 37.2 Å². The van der Waals surface area contributed by atoms with Crippen LogP contribution in [0.3, 0.4) is 0 Å². The number of hydrogen-bond donors (Lipinski definition) is 1. The molecule has 5 rings (SSSR count). The molecule has 0 aliphatic carbocycles. The predicted octanol–water partition coefficient (Wildman–Crippen LogP) is 1.83. The minimum atomic E-state index is -3.16. The standard InChI is InChI=1S/C21H30N4O4S/c1-24-19(11-18(23-24)15-5-6-20(28-2)21(10-15)29-3)17-13-25-8-7-14(17)9-16(25)12-22-30(4,26)27/h5-6,10-11,14,16-17,22H,7-9,12-13H2,1-4H3/t14-,16+,17+/m0/s1. The number of hydrogen-bond acceptors (Lipinski definition) is 6. The Kier molecular flexibility index (Phi) is 5.78. The van der Waals surface area contributed by atoms with E-state index in [1.165, 1.54) is 11.9 Å². The van der Waals surface area contributed by atoms with Gasteiger partial charge in [-0.15, -0.1) is 0 Å². The molecule has 3 fully saturated rings. The summed E-state index contributed by atoms with van der Waals surface area (Å²) >= 11 is 0. The van der Waals surface area contributed by atoms with Crippen LogP contribution in [-0.4, -0.2) is 69.2 Å². The Labute approximate surface area is 178 Å². The highest BCUT2D eigenvalue weighted by Gasteiger charge is 2.41. The molecular formula is C21H30N4O4S. The molecule has 1 aromatic carbocycles. The molecule has 3 aliphatic heterocycles. The maximum atomic E-state index is 11.5. The maximum absolute atomic E-state index is 11.5. The van der Waals surface area contributed by atoms with Crippen molar-refractivity contribution in [3.8, 4) is 22.8 Å². The van der Waals surface area contributed by atoms with E-state index >= 15 is 0 Å². The summed E-state index contributed by atoms with van der Waals surface area (Å²) in [5.41, 5.74) is 3.13. The van der Waals surface area contributed by atoms with Crippen molar-refractivity contribution in [1.82, 2.24) is 19.4 Å². The number of fused-ring (bicyclic) bond motifs is 3. The van der Waals surface area contributed by atoms with Crippen LogP contribution in [0.1, 0.15) is 24.5 Å². The smallest absolute Gasteiger partial charge is 0.208 e. The molecule has 2 bridgehead atoms. The second-order valence-corrected chi connectivity index (χ2v) is 10.1. The van der Waals surface area contributed by atoms with Crippen molar-refractivity contribution in [3.05, 3.63) is 30.0 Å². The number of sulfonamides is 1. The minimum absolute atomic E-state index is 0.272. The van der Waals surface area contributed by atoms with E-state index in [1.807, 2.05) is 29.9 Å². The SMILES string of the molecule is COc1ccc(-c2cc([C@@H]3CN4CC[C@H]3C[C@@H]4CNS(C)(=O)=O)n(C)n2)cc1OC. The van der Waals surface area contributed by atoms with Gasteiger partial charge in [0.05, 0.1) is 26.2 Å². The van der Waals surface area contributed by atoms with Crippen LogP contribution in [0.15, 0.2) is 24.3 Å². The van der Waals surface area contributed by atoms with Crippen LogP contribution >= 0.6 is 0 Å². The number of rotatable bonds is 7. The first-order valence-electron chi connectivity index (χ1n) is 10.2. The number of ether oxygens (including phenoxy) is 2. The molecule has 1 unspecified atom stereocenters. The summed E-state index contributed by atoms with van der Waals surface area (Å²) in [6, 6.07) is 8.30. The van der Waals surface area contributed by atoms with Gasteiger partial charge in [0.25, 0.3) is 0 Å². The number of aromatic nitrogens is 2. The molecule has 164 valence electrons. The van der Waals surface area contributed by atoms with Gasteiger partial charge in [-0.25, -0.2) is 13.1 Å². The van der Waals surface area contributed by atoms with Crippen molar-refractivity contribution in [2.24, 2.45) is 13.0 Å². The summed E-state index contributed by atoms with van der Waals surface area (Å²) in [5.74, 6) is 2.32. The number of nitrogens with one attached hydrogen (secondary N) is 1.